The number of alkyl carbamates (subject to hydrolysis) is 1. The average Bonchev–Trinajstić information content (AvgIpc) is 2.90. The van der Waals surface area contributed by atoms with Gasteiger partial charge in [0.15, 0.2) is 0 Å². The Kier molecular flexibility index (Phi) is 14.3. The summed E-state index contributed by atoms with van der Waals surface area (Å²) in [4.78, 5) is 54.8. The van der Waals surface area contributed by atoms with Crippen molar-refractivity contribution in [3.63, 3.8) is 0 Å². The number of nitrogens with one attached hydrogen (secondary N) is 2. The Bertz CT molecular complexity index is 1050. The normalized spacial score (nSPS) is 15.4. The number of nitrogens with two attached hydrogens (primary N) is 1. The highest BCUT2D eigenvalue weighted by molar-refractivity contribution is 5.94. The third kappa shape index (κ3) is 11.6. The zero-order valence-corrected chi connectivity index (χ0v) is 26.7. The van der Waals surface area contributed by atoms with Crippen LogP contribution in [0.2, 0.25) is 0 Å². The summed E-state index contributed by atoms with van der Waals surface area (Å²) < 4.78 is 5.39. The SMILES string of the molecule is CCCCCCCCN(C(=O)C(CC(N)=O)NC(=O)OC(C)(C)C)C(C(=O)NC1CCCCC1)c1cccc(C)c1C. The Balaban J connectivity index is 2.50. The third-order valence-corrected chi connectivity index (χ3v) is 7.88. The molecule has 2 atom stereocenters. The van der Waals surface area contributed by atoms with Gasteiger partial charge >= 0.3 is 6.09 Å². The van der Waals surface area contributed by atoms with Crippen LogP contribution < -0.4 is 16.4 Å². The molecular formula is C33H54N4O5. The van der Waals surface area contributed by atoms with Gasteiger partial charge < -0.3 is 26.0 Å². The third-order valence-electron chi connectivity index (χ3n) is 7.88. The van der Waals surface area contributed by atoms with E-state index in [-0.39, 0.29) is 11.9 Å². The predicted molar refractivity (Wildman–Crippen MR) is 166 cm³/mol. The lowest BCUT2D eigenvalue weighted by atomic mass is 9.92. The van der Waals surface area contributed by atoms with E-state index in [4.69, 9.17) is 10.5 Å². The highest BCUT2D eigenvalue weighted by Gasteiger charge is 2.38. The molecule has 42 heavy (non-hydrogen) atoms. The van der Waals surface area contributed by atoms with Gasteiger partial charge in [0, 0.05) is 12.6 Å². The average molecular weight is 587 g/mol. The fraction of sp³-hybridized carbons (Fsp3) is 0.697. The molecule has 9 heteroatoms. The summed E-state index contributed by atoms with van der Waals surface area (Å²) in [6.07, 6.45) is 9.84. The quantitative estimate of drug-likeness (QED) is 0.225. The molecule has 0 spiro atoms. The second kappa shape index (κ2) is 17.1. The molecule has 1 aliphatic carbocycles. The topological polar surface area (TPSA) is 131 Å². The van der Waals surface area contributed by atoms with E-state index < -0.39 is 42.0 Å². The van der Waals surface area contributed by atoms with Crippen LogP contribution in [0.4, 0.5) is 4.79 Å². The number of hydrogen-bond acceptors (Lipinski definition) is 5. The van der Waals surface area contributed by atoms with Gasteiger partial charge in [-0.05, 0) is 70.6 Å². The molecule has 1 saturated carbocycles. The van der Waals surface area contributed by atoms with E-state index in [1.165, 1.54) is 0 Å². The standard InChI is InChI=1S/C33H54N4O5/c1-7-8-9-10-11-15-21-37(31(40)27(22-28(34)38)36-32(41)42-33(4,5)6)29(26-20-16-17-23(2)24(26)3)30(39)35-25-18-13-12-14-19-25/h16-17,20,25,27,29H,7-15,18-19,21-22H2,1-6H3,(H2,34,38)(H,35,39)(H,36,41). The van der Waals surface area contributed by atoms with Crippen LogP contribution in [0.25, 0.3) is 0 Å². The minimum atomic E-state index is -1.27. The Labute approximate surface area is 252 Å². The molecule has 0 saturated heterocycles. The number of ether oxygens (including phenoxy) is 1. The van der Waals surface area contributed by atoms with E-state index in [2.05, 4.69) is 17.6 Å². The van der Waals surface area contributed by atoms with Crippen LogP contribution in [-0.2, 0) is 19.1 Å². The Morgan fingerprint density at radius 1 is 1.00 bits per heavy atom. The van der Waals surface area contributed by atoms with Crippen LogP contribution in [0.5, 0.6) is 0 Å². The Hall–Kier alpha value is -3.10. The minimum Gasteiger partial charge on any atom is -0.444 e. The smallest absolute Gasteiger partial charge is 0.408 e. The molecule has 236 valence electrons. The summed E-state index contributed by atoms with van der Waals surface area (Å²) >= 11 is 0. The van der Waals surface area contributed by atoms with Gasteiger partial charge in [-0.2, -0.15) is 0 Å². The summed E-state index contributed by atoms with van der Waals surface area (Å²) in [6.45, 7) is 11.5. The monoisotopic (exact) mass is 586 g/mol. The fourth-order valence-electron chi connectivity index (χ4n) is 5.53. The van der Waals surface area contributed by atoms with E-state index in [1.807, 2.05) is 32.0 Å². The number of primary amides is 1. The van der Waals surface area contributed by atoms with Crippen LogP contribution in [0.15, 0.2) is 18.2 Å². The lowest BCUT2D eigenvalue weighted by Crippen LogP contribution is -2.55. The fourth-order valence-corrected chi connectivity index (χ4v) is 5.53. The number of carbonyl (C=O) groups is 4. The van der Waals surface area contributed by atoms with Gasteiger partial charge in [-0.25, -0.2) is 4.79 Å². The van der Waals surface area contributed by atoms with Crippen molar-refractivity contribution in [3.05, 3.63) is 34.9 Å². The molecule has 2 rings (SSSR count). The molecule has 0 radical (unpaired) electrons. The first-order valence-corrected chi connectivity index (χ1v) is 15.8. The Morgan fingerprint density at radius 2 is 1.64 bits per heavy atom. The molecule has 0 aromatic heterocycles. The van der Waals surface area contributed by atoms with E-state index >= 15 is 0 Å². The van der Waals surface area contributed by atoms with E-state index in [1.54, 1.807) is 25.7 Å². The van der Waals surface area contributed by atoms with Crippen LogP contribution >= 0.6 is 0 Å². The van der Waals surface area contributed by atoms with Crippen molar-refractivity contribution in [3.8, 4) is 0 Å². The molecule has 2 unspecified atom stereocenters. The molecule has 1 aromatic carbocycles. The van der Waals surface area contributed by atoms with E-state index in [9.17, 15) is 19.2 Å². The van der Waals surface area contributed by atoms with Crippen molar-refractivity contribution in [2.24, 2.45) is 5.73 Å². The maximum atomic E-state index is 14.3. The predicted octanol–water partition coefficient (Wildman–Crippen LogP) is 5.75. The van der Waals surface area contributed by atoms with Gasteiger partial charge in [-0.15, -0.1) is 0 Å². The first kappa shape index (κ1) is 35.1. The van der Waals surface area contributed by atoms with Crippen molar-refractivity contribution < 1.29 is 23.9 Å². The molecular weight excluding hydrogens is 532 g/mol. The summed E-state index contributed by atoms with van der Waals surface area (Å²) in [5.74, 6) is -1.51. The molecule has 1 fully saturated rings. The molecule has 9 nitrogen and oxygen atoms in total. The number of nitrogens with zero attached hydrogens (tertiary/aromatic N) is 1. The van der Waals surface area contributed by atoms with Crippen LogP contribution in [0.1, 0.15) is 127 Å². The first-order valence-electron chi connectivity index (χ1n) is 15.8. The summed E-state index contributed by atoms with van der Waals surface area (Å²) in [5.41, 5.74) is 7.40. The molecule has 0 heterocycles. The van der Waals surface area contributed by atoms with Crippen LogP contribution in [0, 0.1) is 13.8 Å². The Morgan fingerprint density at radius 3 is 2.26 bits per heavy atom. The number of aryl methyl sites for hydroxylation is 1. The van der Waals surface area contributed by atoms with Gasteiger partial charge in [-0.3, -0.25) is 14.4 Å². The zero-order chi connectivity index (χ0) is 31.3. The highest BCUT2D eigenvalue weighted by atomic mass is 16.6. The number of rotatable bonds is 15. The maximum absolute atomic E-state index is 14.3. The summed E-state index contributed by atoms with van der Waals surface area (Å²) in [6, 6.07) is 3.62. The molecule has 4 amide bonds. The number of benzene rings is 1. The van der Waals surface area contributed by atoms with Crippen molar-refractivity contribution in [1.82, 2.24) is 15.5 Å². The highest BCUT2D eigenvalue weighted by Crippen LogP contribution is 2.29. The summed E-state index contributed by atoms with van der Waals surface area (Å²) in [7, 11) is 0. The summed E-state index contributed by atoms with van der Waals surface area (Å²) in [5, 5.41) is 5.80. The number of carbonyl (C=O) groups excluding carboxylic acids is 4. The van der Waals surface area contributed by atoms with Crippen molar-refractivity contribution >= 4 is 23.8 Å². The molecule has 1 aliphatic rings. The van der Waals surface area contributed by atoms with Gasteiger partial charge in [0.25, 0.3) is 0 Å². The molecule has 0 aliphatic heterocycles. The second-order valence-corrected chi connectivity index (χ2v) is 12.7. The number of hydrogen-bond donors (Lipinski definition) is 3. The van der Waals surface area contributed by atoms with Crippen molar-refractivity contribution in [2.75, 3.05) is 6.54 Å². The largest absolute Gasteiger partial charge is 0.444 e. The van der Waals surface area contributed by atoms with Crippen LogP contribution in [0.3, 0.4) is 0 Å². The van der Waals surface area contributed by atoms with Crippen LogP contribution in [-0.4, -0.2) is 52.9 Å². The maximum Gasteiger partial charge on any atom is 0.408 e. The van der Waals surface area contributed by atoms with Crippen molar-refractivity contribution in [2.45, 2.75) is 142 Å². The van der Waals surface area contributed by atoms with Gasteiger partial charge in [0.05, 0.1) is 6.42 Å². The van der Waals surface area contributed by atoms with Gasteiger partial charge in [-0.1, -0.05) is 76.5 Å². The molecule has 4 N–H and O–H groups in total. The van der Waals surface area contributed by atoms with Gasteiger partial charge in [0.1, 0.15) is 17.7 Å². The second-order valence-electron chi connectivity index (χ2n) is 12.7. The number of unbranched alkanes of at least 4 members (excludes halogenated alkanes) is 5. The lowest BCUT2D eigenvalue weighted by Gasteiger charge is -2.36. The molecule has 1 aromatic rings. The zero-order valence-electron chi connectivity index (χ0n) is 26.7. The number of amides is 4. The van der Waals surface area contributed by atoms with E-state index in [0.717, 1.165) is 80.9 Å². The minimum absolute atomic E-state index is 0.0474. The van der Waals surface area contributed by atoms with E-state index in [0.29, 0.717) is 13.0 Å². The lowest BCUT2D eigenvalue weighted by molar-refractivity contribution is -0.143. The first-order chi connectivity index (χ1) is 19.8. The van der Waals surface area contributed by atoms with Crippen molar-refractivity contribution in [1.29, 1.82) is 0 Å². The van der Waals surface area contributed by atoms with Gasteiger partial charge in [0.2, 0.25) is 17.7 Å². The molecule has 0 bridgehead atoms.